The summed E-state index contributed by atoms with van der Waals surface area (Å²) in [5.41, 5.74) is 0.637. The lowest BCUT2D eigenvalue weighted by atomic mass is 10.1. The van der Waals surface area contributed by atoms with Crippen LogP contribution in [0.2, 0.25) is 0 Å². The predicted octanol–water partition coefficient (Wildman–Crippen LogP) is 2.24. The Balaban J connectivity index is 1.74. The predicted molar refractivity (Wildman–Crippen MR) is 79.4 cm³/mol. The Morgan fingerprint density at radius 1 is 1.43 bits per heavy atom. The third-order valence-electron chi connectivity index (χ3n) is 4.00. The zero-order valence-corrected chi connectivity index (χ0v) is 12.3. The Kier molecular flexibility index (Phi) is 4.07. The molecule has 3 rings (SSSR count). The number of carbonyl (C=O) groups excluding carboxylic acids is 1. The minimum absolute atomic E-state index is 0.0291. The molecule has 0 bridgehead atoms. The summed E-state index contributed by atoms with van der Waals surface area (Å²) in [4.78, 5) is 25.8. The zero-order valence-electron chi connectivity index (χ0n) is 11.5. The number of hydrogen-bond donors (Lipinski definition) is 1. The van der Waals surface area contributed by atoms with Gasteiger partial charge >= 0.3 is 5.97 Å². The molecule has 112 valence electrons. The molecule has 21 heavy (non-hydrogen) atoms. The van der Waals surface area contributed by atoms with Crippen LogP contribution in [0, 0.1) is 0 Å². The number of carboxylic acid groups (broad SMARTS) is 1. The second-order valence-electron chi connectivity index (χ2n) is 5.32. The number of carboxylic acids is 1. The smallest absolute Gasteiger partial charge is 0.328 e. The molecule has 2 atom stereocenters. The highest BCUT2D eigenvalue weighted by molar-refractivity contribution is 7.11. The number of amides is 1. The van der Waals surface area contributed by atoms with Crippen LogP contribution in [0.5, 0.6) is 0 Å². The maximum Gasteiger partial charge on any atom is 0.328 e. The summed E-state index contributed by atoms with van der Waals surface area (Å²) in [5.74, 6) is -0.959. The summed E-state index contributed by atoms with van der Waals surface area (Å²) in [6.07, 6.45) is 5.93. The Morgan fingerprint density at radius 2 is 2.29 bits per heavy atom. The first-order valence-electron chi connectivity index (χ1n) is 7.07. The van der Waals surface area contributed by atoms with Crippen LogP contribution in [0.4, 0.5) is 0 Å². The highest BCUT2D eigenvalue weighted by Gasteiger charge is 2.38. The molecular formula is C15H17NO4S. The molecule has 1 aromatic rings. The number of aliphatic carboxylic acids is 1. The van der Waals surface area contributed by atoms with E-state index in [1.165, 1.54) is 17.4 Å². The van der Waals surface area contributed by atoms with Crippen molar-refractivity contribution in [1.82, 2.24) is 4.90 Å². The molecule has 1 saturated heterocycles. The number of nitrogens with zero attached hydrogens (tertiary/aromatic N) is 1. The van der Waals surface area contributed by atoms with Gasteiger partial charge in [-0.2, -0.15) is 0 Å². The Hall–Kier alpha value is -1.66. The van der Waals surface area contributed by atoms with Gasteiger partial charge < -0.3 is 14.7 Å². The quantitative estimate of drug-likeness (QED) is 0.870. The zero-order chi connectivity index (χ0) is 14.8. The second kappa shape index (κ2) is 5.99. The summed E-state index contributed by atoms with van der Waals surface area (Å²) in [5, 5.41) is 10.4. The molecule has 1 N–H and O–H groups in total. The van der Waals surface area contributed by atoms with Gasteiger partial charge in [0.25, 0.3) is 5.91 Å². The van der Waals surface area contributed by atoms with Crippen LogP contribution < -0.4 is 0 Å². The first-order chi connectivity index (χ1) is 10.1. The van der Waals surface area contributed by atoms with Gasteiger partial charge in [0, 0.05) is 22.9 Å². The minimum atomic E-state index is -0.988. The number of hydrogen-bond acceptors (Lipinski definition) is 4. The lowest BCUT2D eigenvalue weighted by molar-refractivity contribution is -0.131. The average molecular weight is 307 g/mol. The van der Waals surface area contributed by atoms with Crippen LogP contribution in [0.15, 0.2) is 17.5 Å². The maximum atomic E-state index is 12.6. The lowest BCUT2D eigenvalue weighted by Gasteiger charge is -2.37. The van der Waals surface area contributed by atoms with Crippen molar-refractivity contribution in [2.24, 2.45) is 0 Å². The van der Waals surface area contributed by atoms with E-state index < -0.39 is 5.97 Å². The van der Waals surface area contributed by atoms with Crippen LogP contribution >= 0.6 is 11.3 Å². The molecular weight excluding hydrogens is 290 g/mol. The largest absolute Gasteiger partial charge is 0.478 e. The molecule has 2 aliphatic rings. The van der Waals surface area contributed by atoms with E-state index in [0.717, 1.165) is 30.2 Å². The topological polar surface area (TPSA) is 66.8 Å². The molecule has 1 aliphatic carbocycles. The molecule has 1 aromatic heterocycles. The number of morpholine rings is 1. The summed E-state index contributed by atoms with van der Waals surface area (Å²) in [7, 11) is 0. The fourth-order valence-electron chi connectivity index (χ4n) is 3.05. The van der Waals surface area contributed by atoms with Gasteiger partial charge in [-0.05, 0) is 31.4 Å². The third kappa shape index (κ3) is 3.01. The number of thiophene rings is 1. The average Bonchev–Trinajstić information content (AvgIpc) is 3.12. The van der Waals surface area contributed by atoms with Crippen molar-refractivity contribution < 1.29 is 19.4 Å². The highest BCUT2D eigenvalue weighted by Crippen LogP contribution is 2.31. The van der Waals surface area contributed by atoms with Crippen LogP contribution in [0.1, 0.15) is 34.5 Å². The third-order valence-corrected chi connectivity index (χ3v) is 4.90. The van der Waals surface area contributed by atoms with Crippen molar-refractivity contribution in [1.29, 1.82) is 0 Å². The standard InChI is InChI=1S/C15H17NO4S/c17-14(18)5-4-11-8-10(9-21-11)15(19)16-6-7-20-13-3-1-2-12(13)16/h4-5,8-9,12-13H,1-3,6-7H2,(H,17,18). The number of ether oxygens (including phenoxy) is 1. The van der Waals surface area contributed by atoms with Gasteiger partial charge in [0.15, 0.2) is 0 Å². The van der Waals surface area contributed by atoms with Crippen LogP contribution in [0.25, 0.3) is 6.08 Å². The summed E-state index contributed by atoms with van der Waals surface area (Å²) >= 11 is 1.38. The lowest BCUT2D eigenvalue weighted by Crippen LogP contribution is -2.51. The van der Waals surface area contributed by atoms with Gasteiger partial charge in [0.2, 0.25) is 0 Å². The molecule has 5 nitrogen and oxygen atoms in total. The summed E-state index contributed by atoms with van der Waals surface area (Å²) < 4.78 is 5.72. The Morgan fingerprint density at radius 3 is 3.10 bits per heavy atom. The van der Waals surface area contributed by atoms with E-state index in [9.17, 15) is 9.59 Å². The van der Waals surface area contributed by atoms with E-state index in [0.29, 0.717) is 18.7 Å². The van der Waals surface area contributed by atoms with Crippen LogP contribution in [-0.4, -0.2) is 47.2 Å². The number of carbonyl (C=O) groups is 2. The fraction of sp³-hybridized carbons (Fsp3) is 0.467. The summed E-state index contributed by atoms with van der Waals surface area (Å²) in [6.45, 7) is 1.24. The van der Waals surface area contributed by atoms with Crippen molar-refractivity contribution in [2.45, 2.75) is 31.4 Å². The molecule has 1 amide bonds. The first kappa shape index (κ1) is 14.3. The van der Waals surface area contributed by atoms with Gasteiger partial charge in [0.05, 0.1) is 24.3 Å². The van der Waals surface area contributed by atoms with Crippen molar-refractivity contribution in [3.63, 3.8) is 0 Å². The van der Waals surface area contributed by atoms with Crippen LogP contribution in [0.3, 0.4) is 0 Å². The highest BCUT2D eigenvalue weighted by atomic mass is 32.1. The number of rotatable bonds is 3. The monoisotopic (exact) mass is 307 g/mol. The first-order valence-corrected chi connectivity index (χ1v) is 7.95. The minimum Gasteiger partial charge on any atom is -0.478 e. The van der Waals surface area contributed by atoms with Crippen molar-refractivity contribution in [3.05, 3.63) is 28.0 Å². The molecule has 6 heteroatoms. The Labute approximate surface area is 126 Å². The fourth-order valence-corrected chi connectivity index (χ4v) is 3.82. The molecule has 2 unspecified atom stereocenters. The SMILES string of the molecule is O=C(O)C=Cc1cc(C(=O)N2CCOC3CCCC32)cs1. The number of fused-ring (bicyclic) bond motifs is 1. The summed E-state index contributed by atoms with van der Waals surface area (Å²) in [6, 6.07) is 1.95. The van der Waals surface area contributed by atoms with Gasteiger partial charge in [-0.25, -0.2) is 4.79 Å². The van der Waals surface area contributed by atoms with Crippen molar-refractivity contribution >= 4 is 29.3 Å². The van der Waals surface area contributed by atoms with Gasteiger partial charge in [-0.15, -0.1) is 11.3 Å². The van der Waals surface area contributed by atoms with Gasteiger partial charge in [-0.1, -0.05) is 0 Å². The van der Waals surface area contributed by atoms with Crippen molar-refractivity contribution in [3.8, 4) is 0 Å². The second-order valence-corrected chi connectivity index (χ2v) is 6.26. The molecule has 2 heterocycles. The van der Waals surface area contributed by atoms with Gasteiger partial charge in [0.1, 0.15) is 0 Å². The van der Waals surface area contributed by atoms with Crippen molar-refractivity contribution in [2.75, 3.05) is 13.2 Å². The molecule has 1 aliphatic heterocycles. The Bertz CT molecular complexity index is 580. The van der Waals surface area contributed by atoms with E-state index >= 15 is 0 Å². The maximum absolute atomic E-state index is 12.6. The van der Waals surface area contributed by atoms with E-state index in [1.54, 1.807) is 11.4 Å². The molecule has 0 radical (unpaired) electrons. The van der Waals surface area contributed by atoms with E-state index in [1.807, 2.05) is 4.90 Å². The molecule has 2 fully saturated rings. The van der Waals surface area contributed by atoms with Gasteiger partial charge in [-0.3, -0.25) is 4.79 Å². The normalized spacial score (nSPS) is 25.2. The van der Waals surface area contributed by atoms with E-state index in [-0.39, 0.29) is 18.1 Å². The molecule has 1 saturated carbocycles. The molecule has 0 aromatic carbocycles. The molecule has 0 spiro atoms. The van der Waals surface area contributed by atoms with E-state index in [4.69, 9.17) is 9.84 Å². The van der Waals surface area contributed by atoms with Crippen LogP contribution in [-0.2, 0) is 9.53 Å². The van der Waals surface area contributed by atoms with E-state index in [2.05, 4.69) is 0 Å².